The molecule has 1 aromatic heterocycles. The molecule has 2 aromatic carbocycles. The summed E-state index contributed by atoms with van der Waals surface area (Å²) >= 11 is 1.90. The zero-order chi connectivity index (χ0) is 27.3. The van der Waals surface area contributed by atoms with E-state index in [0.29, 0.717) is 23.1 Å². The van der Waals surface area contributed by atoms with Crippen LogP contribution in [0, 0.1) is 11.2 Å². The van der Waals surface area contributed by atoms with E-state index in [0.717, 1.165) is 36.9 Å². The number of hydrogen-bond donors (Lipinski definition) is 2. The second-order valence-corrected chi connectivity index (χ2v) is 11.9. The Morgan fingerprint density at radius 3 is 2.39 bits per heavy atom. The number of aromatic nitrogens is 2. The van der Waals surface area contributed by atoms with Gasteiger partial charge < -0.3 is 10.6 Å². The van der Waals surface area contributed by atoms with Crippen LogP contribution in [0.4, 0.5) is 10.2 Å². The molecule has 8 heteroatoms. The van der Waals surface area contributed by atoms with E-state index in [2.05, 4.69) is 21.9 Å². The van der Waals surface area contributed by atoms with Crippen molar-refractivity contribution in [3.05, 3.63) is 77.4 Å². The molecule has 6 nitrogen and oxygen atoms in total. The molecule has 1 heterocycles. The monoisotopic (exact) mass is 534 g/mol. The summed E-state index contributed by atoms with van der Waals surface area (Å²) in [7, 11) is 0. The van der Waals surface area contributed by atoms with Gasteiger partial charge in [-0.3, -0.25) is 9.59 Å². The summed E-state index contributed by atoms with van der Waals surface area (Å²) in [6.07, 6.45) is 8.15. The lowest BCUT2D eigenvalue weighted by molar-refractivity contribution is -0.123. The van der Waals surface area contributed by atoms with E-state index < -0.39 is 17.1 Å². The minimum absolute atomic E-state index is 0.0514. The van der Waals surface area contributed by atoms with Crippen LogP contribution in [-0.2, 0) is 11.3 Å². The van der Waals surface area contributed by atoms with Gasteiger partial charge in [0.15, 0.2) is 5.82 Å². The fourth-order valence-corrected chi connectivity index (χ4v) is 5.25. The van der Waals surface area contributed by atoms with Crippen molar-refractivity contribution in [1.82, 2.24) is 15.3 Å². The van der Waals surface area contributed by atoms with Gasteiger partial charge in [0.05, 0.1) is 17.5 Å². The second kappa shape index (κ2) is 12.1. The van der Waals surface area contributed by atoms with Gasteiger partial charge in [-0.05, 0) is 49.6 Å². The third-order valence-electron chi connectivity index (χ3n) is 6.91. The molecule has 1 aliphatic carbocycles. The third-order valence-corrected chi connectivity index (χ3v) is 8.05. The fraction of sp³-hybridized carbons (Fsp3) is 0.400. The topological polar surface area (TPSA) is 84.0 Å². The van der Waals surface area contributed by atoms with Crippen molar-refractivity contribution in [2.75, 3.05) is 11.6 Å². The molecular weight excluding hydrogens is 499 g/mol. The number of halogens is 1. The van der Waals surface area contributed by atoms with Gasteiger partial charge >= 0.3 is 0 Å². The smallest absolute Gasteiger partial charge is 0.254 e. The molecule has 0 spiro atoms. The first-order valence-corrected chi connectivity index (χ1v) is 14.3. The molecule has 2 amide bonds. The summed E-state index contributed by atoms with van der Waals surface area (Å²) in [6, 6.07) is 13.9. The standard InChI is InChI=1S/C30H35FN4O2S/c1-30(2,3)29(37)35-27-26(34-25(18-32-27)20-10-13-22(38-4)14-11-20)21-12-15-23(24(31)16-21)28(36)33-17-19-8-6-5-7-9-19/h5-9,12,15-16,18,20,22H,10-11,13-14,17H2,1-4H3,(H,33,36)(H,32,35,37). The van der Waals surface area contributed by atoms with Crippen molar-refractivity contribution in [2.45, 2.75) is 64.2 Å². The number of thioether (sulfide) groups is 1. The van der Waals surface area contributed by atoms with Crippen LogP contribution >= 0.6 is 11.8 Å². The van der Waals surface area contributed by atoms with Gasteiger partial charge in [-0.25, -0.2) is 14.4 Å². The number of nitrogens with zero attached hydrogens (tertiary/aromatic N) is 2. The quantitative estimate of drug-likeness (QED) is 0.357. The van der Waals surface area contributed by atoms with Gasteiger partial charge in [-0.2, -0.15) is 11.8 Å². The molecule has 4 rings (SSSR count). The van der Waals surface area contributed by atoms with E-state index in [1.807, 2.05) is 62.9 Å². The molecular formula is C30H35FN4O2S. The molecule has 0 unspecified atom stereocenters. The van der Waals surface area contributed by atoms with E-state index in [9.17, 15) is 9.59 Å². The van der Waals surface area contributed by atoms with Crippen molar-refractivity contribution in [3.63, 3.8) is 0 Å². The molecule has 0 bridgehead atoms. The van der Waals surface area contributed by atoms with E-state index in [-0.39, 0.29) is 23.2 Å². The Hall–Kier alpha value is -3.26. The average Bonchev–Trinajstić information content (AvgIpc) is 2.92. The van der Waals surface area contributed by atoms with Crippen LogP contribution in [0.15, 0.2) is 54.7 Å². The van der Waals surface area contributed by atoms with Gasteiger partial charge in [-0.1, -0.05) is 57.2 Å². The molecule has 1 aliphatic rings. The molecule has 0 saturated heterocycles. The van der Waals surface area contributed by atoms with Crippen molar-refractivity contribution in [3.8, 4) is 11.3 Å². The van der Waals surface area contributed by atoms with Crippen LogP contribution in [0.5, 0.6) is 0 Å². The fourth-order valence-electron chi connectivity index (χ4n) is 4.50. The Kier molecular flexibility index (Phi) is 8.82. The lowest BCUT2D eigenvalue weighted by Gasteiger charge is -2.27. The molecule has 3 aromatic rings. The molecule has 2 N–H and O–H groups in total. The lowest BCUT2D eigenvalue weighted by atomic mass is 9.86. The Morgan fingerprint density at radius 1 is 1.05 bits per heavy atom. The van der Waals surface area contributed by atoms with Crippen molar-refractivity contribution in [1.29, 1.82) is 0 Å². The molecule has 200 valence electrons. The van der Waals surface area contributed by atoms with Gasteiger partial charge in [0.25, 0.3) is 5.91 Å². The Balaban J connectivity index is 1.61. The lowest BCUT2D eigenvalue weighted by Crippen LogP contribution is -2.28. The van der Waals surface area contributed by atoms with Crippen molar-refractivity contribution >= 4 is 29.4 Å². The van der Waals surface area contributed by atoms with E-state index in [4.69, 9.17) is 4.98 Å². The molecule has 0 atom stereocenters. The number of benzene rings is 2. The largest absolute Gasteiger partial charge is 0.348 e. The number of carbonyl (C=O) groups is 2. The Labute approximate surface area is 228 Å². The van der Waals surface area contributed by atoms with Crippen LogP contribution in [0.2, 0.25) is 0 Å². The predicted octanol–water partition coefficient (Wildman–Crippen LogP) is 6.59. The van der Waals surface area contributed by atoms with Gasteiger partial charge in [0.1, 0.15) is 11.5 Å². The minimum Gasteiger partial charge on any atom is -0.348 e. The molecule has 0 radical (unpaired) electrons. The third kappa shape index (κ3) is 6.78. The highest BCUT2D eigenvalue weighted by Crippen LogP contribution is 2.37. The van der Waals surface area contributed by atoms with Crippen LogP contribution in [0.25, 0.3) is 11.3 Å². The summed E-state index contributed by atoms with van der Waals surface area (Å²) < 4.78 is 15.2. The van der Waals surface area contributed by atoms with Crippen LogP contribution < -0.4 is 10.6 Å². The van der Waals surface area contributed by atoms with Gasteiger partial charge in [0, 0.05) is 28.7 Å². The van der Waals surface area contributed by atoms with E-state index in [1.165, 1.54) is 12.1 Å². The number of nitrogens with one attached hydrogen (secondary N) is 2. The van der Waals surface area contributed by atoms with E-state index >= 15 is 4.39 Å². The number of carbonyl (C=O) groups excluding carboxylic acids is 2. The van der Waals surface area contributed by atoms with Gasteiger partial charge in [-0.15, -0.1) is 0 Å². The SMILES string of the molecule is CSC1CCC(c2cnc(NC(=O)C(C)(C)C)c(-c3ccc(C(=O)NCc4ccccc4)c(F)c3)n2)CC1. The maximum Gasteiger partial charge on any atom is 0.254 e. The number of amides is 2. The molecule has 1 fully saturated rings. The average molecular weight is 535 g/mol. The van der Waals surface area contributed by atoms with E-state index in [1.54, 1.807) is 12.3 Å². The highest BCUT2D eigenvalue weighted by molar-refractivity contribution is 7.99. The zero-order valence-corrected chi connectivity index (χ0v) is 23.2. The second-order valence-electron chi connectivity index (χ2n) is 10.8. The highest BCUT2D eigenvalue weighted by atomic mass is 32.2. The van der Waals surface area contributed by atoms with Crippen molar-refractivity contribution < 1.29 is 14.0 Å². The summed E-state index contributed by atoms with van der Waals surface area (Å²) in [4.78, 5) is 34.9. The highest BCUT2D eigenvalue weighted by Gasteiger charge is 2.27. The van der Waals surface area contributed by atoms with Gasteiger partial charge in [0.2, 0.25) is 5.91 Å². The minimum atomic E-state index is -0.658. The summed E-state index contributed by atoms with van der Waals surface area (Å²) in [5.41, 5.74) is 1.94. The maximum absolute atomic E-state index is 15.2. The predicted molar refractivity (Wildman–Crippen MR) is 152 cm³/mol. The number of anilines is 1. The summed E-state index contributed by atoms with van der Waals surface area (Å²) in [5, 5.41) is 6.30. The summed E-state index contributed by atoms with van der Waals surface area (Å²) in [5.74, 6) is -0.811. The molecule has 0 aliphatic heterocycles. The van der Waals surface area contributed by atoms with Crippen LogP contribution in [-0.4, -0.2) is 33.3 Å². The molecule has 38 heavy (non-hydrogen) atoms. The van der Waals surface area contributed by atoms with Crippen LogP contribution in [0.1, 0.15) is 74.0 Å². The zero-order valence-electron chi connectivity index (χ0n) is 22.4. The first-order chi connectivity index (χ1) is 18.2. The Morgan fingerprint density at radius 2 is 1.76 bits per heavy atom. The van der Waals surface area contributed by atoms with Crippen LogP contribution in [0.3, 0.4) is 0 Å². The number of hydrogen-bond acceptors (Lipinski definition) is 5. The first-order valence-electron chi connectivity index (χ1n) is 13.0. The number of rotatable bonds is 7. The van der Waals surface area contributed by atoms with Crippen molar-refractivity contribution in [2.24, 2.45) is 5.41 Å². The summed E-state index contributed by atoms with van der Waals surface area (Å²) in [6.45, 7) is 5.75. The maximum atomic E-state index is 15.2. The first kappa shape index (κ1) is 27.8. The Bertz CT molecular complexity index is 1290. The normalized spacial score (nSPS) is 17.6. The molecule has 1 saturated carbocycles.